The van der Waals surface area contributed by atoms with E-state index in [1.165, 1.54) is 11.9 Å². The zero-order valence-electron chi connectivity index (χ0n) is 20.6. The van der Waals surface area contributed by atoms with Gasteiger partial charge in [0, 0.05) is 19.6 Å². The zero-order chi connectivity index (χ0) is 24.3. The van der Waals surface area contributed by atoms with Crippen molar-refractivity contribution in [3.63, 3.8) is 0 Å². The molecule has 1 aromatic carbocycles. The molecule has 9 nitrogen and oxygen atoms in total. The molecule has 0 atom stereocenters. The first-order chi connectivity index (χ1) is 17.1. The molecule has 35 heavy (non-hydrogen) atoms. The van der Waals surface area contributed by atoms with Crippen molar-refractivity contribution in [1.29, 1.82) is 0 Å². The first-order valence-electron chi connectivity index (χ1n) is 13.0. The van der Waals surface area contributed by atoms with Gasteiger partial charge in [0.15, 0.2) is 0 Å². The summed E-state index contributed by atoms with van der Waals surface area (Å²) in [6.45, 7) is 4.51. The van der Waals surface area contributed by atoms with Crippen LogP contribution in [-0.2, 0) is 22.6 Å². The molecule has 1 saturated heterocycles. The van der Waals surface area contributed by atoms with Crippen LogP contribution in [0.1, 0.15) is 50.5 Å². The van der Waals surface area contributed by atoms with Crippen molar-refractivity contribution in [2.24, 2.45) is 5.41 Å². The molecule has 190 valence electrons. The Kier molecular flexibility index (Phi) is 9.11. The SMILES string of the molecule is O=C(CN1CCC2(CCCCc3ccccc3OCCCNC2=O)CC1)NCCCn1cncn1. The van der Waals surface area contributed by atoms with Crippen molar-refractivity contribution in [2.45, 2.75) is 57.9 Å². The van der Waals surface area contributed by atoms with Gasteiger partial charge in [-0.05, 0) is 69.7 Å². The molecule has 2 aromatic rings. The lowest BCUT2D eigenvalue weighted by Crippen LogP contribution is -2.50. The molecule has 0 radical (unpaired) electrons. The molecule has 3 heterocycles. The number of amides is 2. The molecule has 0 bridgehead atoms. The van der Waals surface area contributed by atoms with E-state index in [2.05, 4.69) is 37.7 Å². The molecule has 9 heteroatoms. The third kappa shape index (κ3) is 7.27. The van der Waals surface area contributed by atoms with E-state index in [1.54, 1.807) is 11.0 Å². The summed E-state index contributed by atoms with van der Waals surface area (Å²) in [7, 11) is 0. The van der Waals surface area contributed by atoms with Gasteiger partial charge in [0.2, 0.25) is 11.8 Å². The van der Waals surface area contributed by atoms with Crippen LogP contribution in [0.3, 0.4) is 0 Å². The van der Waals surface area contributed by atoms with Crippen molar-refractivity contribution >= 4 is 11.8 Å². The lowest BCUT2D eigenvalue weighted by atomic mass is 9.73. The third-order valence-corrected chi connectivity index (χ3v) is 7.20. The Morgan fingerprint density at radius 3 is 2.83 bits per heavy atom. The fraction of sp³-hybridized carbons (Fsp3) is 0.615. The number of hydrogen-bond donors (Lipinski definition) is 2. The largest absolute Gasteiger partial charge is 0.493 e. The van der Waals surface area contributed by atoms with Gasteiger partial charge < -0.3 is 15.4 Å². The van der Waals surface area contributed by atoms with Gasteiger partial charge >= 0.3 is 0 Å². The average Bonchev–Trinajstić information content (AvgIpc) is 3.39. The van der Waals surface area contributed by atoms with E-state index in [9.17, 15) is 9.59 Å². The number of aromatic nitrogens is 3. The average molecular weight is 483 g/mol. The second-order valence-electron chi connectivity index (χ2n) is 9.69. The van der Waals surface area contributed by atoms with Crippen molar-refractivity contribution in [2.75, 3.05) is 39.3 Å². The highest BCUT2D eigenvalue weighted by Crippen LogP contribution is 2.37. The van der Waals surface area contributed by atoms with Gasteiger partial charge in [0.05, 0.1) is 18.6 Å². The Morgan fingerprint density at radius 1 is 1.14 bits per heavy atom. The number of carbonyl (C=O) groups excluding carboxylic acids is 2. The Morgan fingerprint density at radius 2 is 2.00 bits per heavy atom. The van der Waals surface area contributed by atoms with Gasteiger partial charge in [0.1, 0.15) is 18.4 Å². The van der Waals surface area contributed by atoms with Crippen LogP contribution in [0.15, 0.2) is 36.9 Å². The number of carbonyl (C=O) groups is 2. The molecule has 2 N–H and O–H groups in total. The van der Waals surface area contributed by atoms with Crippen LogP contribution in [0, 0.1) is 5.41 Å². The number of para-hydroxylation sites is 1. The maximum absolute atomic E-state index is 13.3. The maximum Gasteiger partial charge on any atom is 0.234 e. The molecule has 4 rings (SSSR count). The highest BCUT2D eigenvalue weighted by atomic mass is 16.5. The van der Waals surface area contributed by atoms with Crippen LogP contribution in [0.2, 0.25) is 0 Å². The number of nitrogens with one attached hydrogen (secondary N) is 2. The van der Waals surface area contributed by atoms with E-state index in [0.29, 0.717) is 26.2 Å². The molecular weight excluding hydrogens is 444 g/mol. The van der Waals surface area contributed by atoms with Crippen LogP contribution in [-0.4, -0.2) is 70.8 Å². The molecule has 0 saturated carbocycles. The Bertz CT molecular complexity index is 940. The van der Waals surface area contributed by atoms with Gasteiger partial charge in [-0.3, -0.25) is 19.2 Å². The summed E-state index contributed by atoms with van der Waals surface area (Å²) >= 11 is 0. The molecule has 1 fully saturated rings. The summed E-state index contributed by atoms with van der Waals surface area (Å²) in [5, 5.41) is 10.2. The smallest absolute Gasteiger partial charge is 0.234 e. The van der Waals surface area contributed by atoms with E-state index in [0.717, 1.165) is 76.8 Å². The molecule has 2 aliphatic heterocycles. The highest BCUT2D eigenvalue weighted by Gasteiger charge is 2.40. The minimum Gasteiger partial charge on any atom is -0.493 e. The second-order valence-corrected chi connectivity index (χ2v) is 9.69. The second kappa shape index (κ2) is 12.7. The van der Waals surface area contributed by atoms with Crippen molar-refractivity contribution in [3.05, 3.63) is 42.5 Å². The first-order valence-corrected chi connectivity index (χ1v) is 13.0. The fourth-order valence-corrected chi connectivity index (χ4v) is 5.08. The van der Waals surface area contributed by atoms with Crippen LogP contribution in [0.4, 0.5) is 0 Å². The van der Waals surface area contributed by atoms with Gasteiger partial charge in [-0.15, -0.1) is 0 Å². The summed E-state index contributed by atoms with van der Waals surface area (Å²) in [4.78, 5) is 31.8. The highest BCUT2D eigenvalue weighted by molar-refractivity contribution is 5.83. The molecule has 1 aromatic heterocycles. The number of rotatable bonds is 6. The molecule has 1 spiro atoms. The number of nitrogens with zero attached hydrogens (tertiary/aromatic N) is 4. The summed E-state index contributed by atoms with van der Waals surface area (Å²) in [5.74, 6) is 1.18. The summed E-state index contributed by atoms with van der Waals surface area (Å²) in [5.41, 5.74) is 0.918. The molecule has 2 amide bonds. The number of likely N-dealkylation sites (tertiary alicyclic amines) is 1. The zero-order valence-corrected chi connectivity index (χ0v) is 20.6. The summed E-state index contributed by atoms with van der Waals surface area (Å²) < 4.78 is 7.74. The predicted molar refractivity (Wildman–Crippen MR) is 133 cm³/mol. The van der Waals surface area contributed by atoms with Crippen LogP contribution < -0.4 is 15.4 Å². The number of hydrogen-bond acceptors (Lipinski definition) is 6. The van der Waals surface area contributed by atoms with Crippen LogP contribution in [0.5, 0.6) is 5.75 Å². The third-order valence-electron chi connectivity index (χ3n) is 7.20. The van der Waals surface area contributed by atoms with E-state index < -0.39 is 0 Å². The number of ether oxygens (including phenoxy) is 1. The first kappa shape index (κ1) is 25.2. The number of piperidine rings is 1. The van der Waals surface area contributed by atoms with Gasteiger partial charge in [-0.25, -0.2) is 4.98 Å². The summed E-state index contributed by atoms with van der Waals surface area (Å²) in [6.07, 6.45) is 10.3. The quantitative estimate of drug-likeness (QED) is 0.612. The van der Waals surface area contributed by atoms with Gasteiger partial charge in [-0.2, -0.15) is 5.10 Å². The maximum atomic E-state index is 13.3. The van der Waals surface area contributed by atoms with Crippen molar-refractivity contribution in [3.8, 4) is 5.75 Å². The minimum atomic E-state index is -0.334. The topological polar surface area (TPSA) is 101 Å². The minimum absolute atomic E-state index is 0.0394. The van der Waals surface area contributed by atoms with E-state index >= 15 is 0 Å². The molecule has 0 unspecified atom stereocenters. The number of benzene rings is 1. The van der Waals surface area contributed by atoms with Gasteiger partial charge in [-0.1, -0.05) is 24.6 Å². The van der Waals surface area contributed by atoms with Crippen LogP contribution in [0.25, 0.3) is 0 Å². The van der Waals surface area contributed by atoms with E-state index in [4.69, 9.17) is 4.74 Å². The number of aryl methyl sites for hydroxylation is 2. The van der Waals surface area contributed by atoms with Crippen LogP contribution >= 0.6 is 0 Å². The molecular formula is C26H38N6O3. The van der Waals surface area contributed by atoms with E-state index in [1.807, 2.05) is 12.1 Å². The van der Waals surface area contributed by atoms with Crippen molar-refractivity contribution in [1.82, 2.24) is 30.3 Å². The normalized spacial score (nSPS) is 19.4. The Labute approximate surface area is 207 Å². The number of fused-ring (bicyclic) bond motifs is 1. The van der Waals surface area contributed by atoms with E-state index in [-0.39, 0.29) is 17.2 Å². The lowest BCUT2D eigenvalue weighted by Gasteiger charge is -2.40. The van der Waals surface area contributed by atoms with Gasteiger partial charge in [0.25, 0.3) is 0 Å². The molecule has 0 aliphatic carbocycles. The standard InChI is InChI=1S/C26H38N6O3/c33-24(28-13-5-15-32-21-27-20-30-32)19-31-16-11-26(12-17-31)10-4-3-8-22-7-1-2-9-23(22)35-18-6-14-29-25(26)34/h1-2,7,9,20-21H,3-6,8,10-19H2,(H,28,33)(H,29,34). The Hall–Kier alpha value is -2.94. The fourth-order valence-electron chi connectivity index (χ4n) is 5.08. The summed E-state index contributed by atoms with van der Waals surface area (Å²) in [6, 6.07) is 8.26. The molecule has 2 aliphatic rings. The lowest BCUT2D eigenvalue weighted by molar-refractivity contribution is -0.135. The Balaban J connectivity index is 1.24. The van der Waals surface area contributed by atoms with Crippen molar-refractivity contribution < 1.29 is 14.3 Å². The monoisotopic (exact) mass is 482 g/mol. The predicted octanol–water partition coefficient (Wildman–Crippen LogP) is 2.18.